The molecule has 0 atom stereocenters. The second-order valence-corrected chi connectivity index (χ2v) is 4.95. The minimum Gasteiger partial charge on any atom is -0.481 e. The van der Waals surface area contributed by atoms with Crippen molar-refractivity contribution in [3.8, 4) is 0 Å². The van der Waals surface area contributed by atoms with Crippen molar-refractivity contribution >= 4 is 29.6 Å². The molecule has 1 heterocycles. The van der Waals surface area contributed by atoms with Crippen LogP contribution in [0.3, 0.4) is 0 Å². The van der Waals surface area contributed by atoms with Crippen LogP contribution in [0.2, 0.25) is 5.22 Å². The second-order valence-electron chi connectivity index (χ2n) is 4.58. The van der Waals surface area contributed by atoms with Gasteiger partial charge in [-0.25, -0.2) is 4.79 Å². The van der Waals surface area contributed by atoms with E-state index >= 15 is 0 Å². The smallest absolute Gasteiger partial charge is 0.334 e. The third-order valence-corrected chi connectivity index (χ3v) is 2.86. The summed E-state index contributed by atoms with van der Waals surface area (Å²) in [6.45, 7) is 4.46. The molecule has 5 nitrogen and oxygen atoms in total. The van der Waals surface area contributed by atoms with Crippen LogP contribution in [0, 0.1) is 0 Å². The third-order valence-electron chi connectivity index (χ3n) is 2.66. The molecule has 0 aliphatic carbocycles. The maximum absolute atomic E-state index is 11.2. The second kappa shape index (κ2) is 11.9. The van der Waals surface area contributed by atoms with E-state index in [2.05, 4.69) is 18.6 Å². The fraction of sp³-hybridized carbons (Fsp3) is 0.500. The molecule has 1 N–H and O–H groups in total. The number of ether oxygens (including phenoxy) is 1. The van der Waals surface area contributed by atoms with Crippen LogP contribution in [0.1, 0.15) is 51.7 Å². The Kier molecular flexibility index (Phi) is 10.9. The van der Waals surface area contributed by atoms with Crippen molar-refractivity contribution in [1.82, 2.24) is 0 Å². The summed E-state index contributed by atoms with van der Waals surface area (Å²) in [6, 6.07) is 3.01. The number of unbranched alkanes of at least 4 members (excludes halogenated alkanes) is 3. The Labute approximate surface area is 135 Å². The van der Waals surface area contributed by atoms with E-state index in [1.165, 1.54) is 51.0 Å². The molecular weight excluding hydrogens is 308 g/mol. The quantitative estimate of drug-likeness (QED) is 0.451. The summed E-state index contributed by atoms with van der Waals surface area (Å²) in [6.07, 6.45) is 6.38. The molecule has 0 aliphatic rings. The zero-order chi connectivity index (χ0) is 17.0. The number of hydrogen-bond donors (Lipinski definition) is 1. The van der Waals surface area contributed by atoms with Gasteiger partial charge in [0, 0.05) is 0 Å². The lowest BCUT2D eigenvalue weighted by molar-refractivity contribution is -0.141. The van der Waals surface area contributed by atoms with E-state index in [9.17, 15) is 9.59 Å². The van der Waals surface area contributed by atoms with Crippen molar-refractivity contribution in [2.75, 3.05) is 7.11 Å². The van der Waals surface area contributed by atoms with Gasteiger partial charge in [0.1, 0.15) is 5.76 Å². The molecule has 22 heavy (non-hydrogen) atoms. The summed E-state index contributed by atoms with van der Waals surface area (Å²) in [5, 5.41) is 8.76. The summed E-state index contributed by atoms with van der Waals surface area (Å²) < 4.78 is 9.43. The number of aliphatic carboxylic acids is 1. The van der Waals surface area contributed by atoms with Crippen LogP contribution < -0.4 is 0 Å². The Morgan fingerprint density at radius 3 is 2.23 bits per heavy atom. The first-order valence-electron chi connectivity index (χ1n) is 7.20. The van der Waals surface area contributed by atoms with E-state index < -0.39 is 18.4 Å². The van der Waals surface area contributed by atoms with Crippen molar-refractivity contribution in [2.45, 2.75) is 46.0 Å². The van der Waals surface area contributed by atoms with E-state index in [4.69, 9.17) is 21.1 Å². The van der Waals surface area contributed by atoms with Gasteiger partial charge in [-0.3, -0.25) is 4.79 Å². The summed E-state index contributed by atoms with van der Waals surface area (Å²) in [4.78, 5) is 21.8. The standard InChI is InChI=1S/C10H9ClO5.C6H14/c1-15-10(14)6(5-9(12)13)4-7-2-3-8(11)16-7;1-3-5-6-4-2/h2-4H,5H2,1H3,(H,12,13);3-6H2,1-2H3. The first-order valence-corrected chi connectivity index (χ1v) is 7.58. The molecule has 0 fully saturated rings. The molecule has 0 amide bonds. The summed E-state index contributed by atoms with van der Waals surface area (Å²) >= 11 is 5.53. The lowest BCUT2D eigenvalue weighted by atomic mass is 10.1. The van der Waals surface area contributed by atoms with Gasteiger partial charge in [-0.05, 0) is 29.8 Å². The Hall–Kier alpha value is -1.75. The SMILES string of the molecule is CCCCCC.COC(=O)C(=Cc1ccc(Cl)o1)CC(=O)O. The Morgan fingerprint density at radius 1 is 1.27 bits per heavy atom. The zero-order valence-corrected chi connectivity index (χ0v) is 14.0. The van der Waals surface area contributed by atoms with E-state index in [1.807, 2.05) is 0 Å². The molecule has 1 rings (SSSR count). The van der Waals surface area contributed by atoms with E-state index in [1.54, 1.807) is 0 Å². The van der Waals surface area contributed by atoms with Gasteiger partial charge in [0.15, 0.2) is 5.22 Å². The average Bonchev–Trinajstić information content (AvgIpc) is 2.89. The number of carboxylic acid groups (broad SMARTS) is 1. The minimum atomic E-state index is -1.13. The maximum atomic E-state index is 11.2. The molecule has 1 aromatic heterocycles. The van der Waals surface area contributed by atoms with Crippen molar-refractivity contribution in [2.24, 2.45) is 0 Å². The normalized spacial score (nSPS) is 10.6. The average molecular weight is 331 g/mol. The molecule has 0 bridgehead atoms. The molecule has 0 saturated heterocycles. The van der Waals surface area contributed by atoms with Gasteiger partial charge in [0.25, 0.3) is 0 Å². The van der Waals surface area contributed by atoms with Gasteiger partial charge < -0.3 is 14.3 Å². The van der Waals surface area contributed by atoms with Crippen LogP contribution in [0.5, 0.6) is 0 Å². The summed E-state index contributed by atoms with van der Waals surface area (Å²) in [7, 11) is 1.17. The number of esters is 1. The Balaban J connectivity index is 0.000000626. The van der Waals surface area contributed by atoms with Crippen LogP contribution in [0.25, 0.3) is 6.08 Å². The lowest BCUT2D eigenvalue weighted by Crippen LogP contribution is -2.09. The first kappa shape index (κ1) is 20.2. The number of carbonyl (C=O) groups excluding carboxylic acids is 1. The van der Waals surface area contributed by atoms with E-state index in [0.717, 1.165) is 0 Å². The summed E-state index contributed by atoms with van der Waals surface area (Å²) in [5.41, 5.74) is -0.0129. The highest BCUT2D eigenvalue weighted by molar-refractivity contribution is 6.28. The molecule has 0 radical (unpaired) electrons. The monoisotopic (exact) mass is 330 g/mol. The Bertz CT molecular complexity index is 486. The van der Waals surface area contributed by atoms with Gasteiger partial charge in [-0.2, -0.15) is 0 Å². The molecule has 6 heteroatoms. The Morgan fingerprint density at radius 2 is 1.86 bits per heavy atom. The fourth-order valence-electron chi connectivity index (χ4n) is 1.55. The van der Waals surface area contributed by atoms with Crippen LogP contribution in [0.15, 0.2) is 22.1 Å². The molecule has 124 valence electrons. The van der Waals surface area contributed by atoms with Gasteiger partial charge in [-0.1, -0.05) is 39.5 Å². The minimum absolute atomic E-state index is 0.0129. The number of hydrogen-bond acceptors (Lipinski definition) is 4. The lowest BCUT2D eigenvalue weighted by Gasteiger charge is -2.01. The van der Waals surface area contributed by atoms with Crippen LogP contribution in [0.4, 0.5) is 0 Å². The number of carbonyl (C=O) groups is 2. The number of halogens is 1. The molecule has 0 spiro atoms. The topological polar surface area (TPSA) is 76.7 Å². The number of furan rings is 1. The van der Waals surface area contributed by atoms with Gasteiger partial charge >= 0.3 is 11.9 Å². The molecular formula is C16H23ClO5. The van der Waals surface area contributed by atoms with Crippen LogP contribution >= 0.6 is 11.6 Å². The highest BCUT2D eigenvalue weighted by Gasteiger charge is 2.14. The highest BCUT2D eigenvalue weighted by atomic mass is 35.5. The zero-order valence-electron chi connectivity index (χ0n) is 13.2. The largest absolute Gasteiger partial charge is 0.481 e. The van der Waals surface area contributed by atoms with Gasteiger partial charge in [0.2, 0.25) is 0 Å². The van der Waals surface area contributed by atoms with Crippen molar-refractivity contribution < 1.29 is 23.8 Å². The third kappa shape index (κ3) is 9.23. The molecule has 1 aromatic rings. The molecule has 0 aromatic carbocycles. The number of rotatable bonds is 7. The fourth-order valence-corrected chi connectivity index (χ4v) is 1.71. The van der Waals surface area contributed by atoms with Crippen molar-refractivity contribution in [1.29, 1.82) is 0 Å². The van der Waals surface area contributed by atoms with E-state index in [0.29, 0.717) is 5.76 Å². The van der Waals surface area contributed by atoms with Crippen LogP contribution in [-0.4, -0.2) is 24.2 Å². The molecule has 0 aliphatic heterocycles. The van der Waals surface area contributed by atoms with E-state index in [-0.39, 0.29) is 10.8 Å². The molecule has 0 unspecified atom stereocenters. The highest BCUT2D eigenvalue weighted by Crippen LogP contribution is 2.17. The van der Waals surface area contributed by atoms with Gasteiger partial charge in [-0.15, -0.1) is 0 Å². The van der Waals surface area contributed by atoms with Crippen molar-refractivity contribution in [3.05, 3.63) is 28.7 Å². The number of carboxylic acids is 1. The number of methoxy groups -OCH3 is 1. The van der Waals surface area contributed by atoms with Crippen molar-refractivity contribution in [3.63, 3.8) is 0 Å². The maximum Gasteiger partial charge on any atom is 0.334 e. The molecule has 0 saturated carbocycles. The predicted molar refractivity (Wildman–Crippen MR) is 85.8 cm³/mol. The summed E-state index contributed by atoms with van der Waals surface area (Å²) in [5.74, 6) is -1.55. The van der Waals surface area contributed by atoms with Crippen LogP contribution in [-0.2, 0) is 14.3 Å². The first-order chi connectivity index (χ1) is 10.4. The predicted octanol–water partition coefficient (Wildman–Crippen LogP) is 4.55. The van der Waals surface area contributed by atoms with Gasteiger partial charge in [0.05, 0.1) is 19.1 Å².